The van der Waals surface area contributed by atoms with E-state index in [0.717, 1.165) is 31.5 Å². The summed E-state index contributed by atoms with van der Waals surface area (Å²) in [5, 5.41) is 19.7. The van der Waals surface area contributed by atoms with Crippen LogP contribution in [0.1, 0.15) is 36.0 Å². The molecule has 1 aliphatic carbocycles. The van der Waals surface area contributed by atoms with Gasteiger partial charge in [-0.25, -0.2) is 4.98 Å². The van der Waals surface area contributed by atoms with Crippen molar-refractivity contribution in [2.45, 2.75) is 31.7 Å². The van der Waals surface area contributed by atoms with Gasteiger partial charge in [0.15, 0.2) is 0 Å². The lowest BCUT2D eigenvalue weighted by molar-refractivity contribution is -0.385. The van der Waals surface area contributed by atoms with Gasteiger partial charge in [-0.2, -0.15) is 0 Å². The number of halogens is 1. The van der Waals surface area contributed by atoms with Crippen molar-refractivity contribution in [2.75, 3.05) is 13.2 Å². The molecule has 0 unspecified atom stereocenters. The molecule has 0 aromatic carbocycles. The summed E-state index contributed by atoms with van der Waals surface area (Å²) in [5.41, 5.74) is -0.228. The lowest BCUT2D eigenvalue weighted by Gasteiger charge is -2.37. The van der Waals surface area contributed by atoms with Gasteiger partial charge in [0.25, 0.3) is 11.6 Å². The first-order chi connectivity index (χ1) is 10.0. The second-order valence-corrected chi connectivity index (χ2v) is 5.31. The van der Waals surface area contributed by atoms with Crippen LogP contribution in [0, 0.1) is 10.1 Å². The van der Waals surface area contributed by atoms with Gasteiger partial charge in [-0.05, 0) is 25.7 Å². The highest BCUT2D eigenvalue weighted by Gasteiger charge is 2.31. The number of nitrogens with zero attached hydrogens (tertiary/aromatic N) is 3. The summed E-state index contributed by atoms with van der Waals surface area (Å²) < 4.78 is 0. The fourth-order valence-corrected chi connectivity index (χ4v) is 2.42. The molecule has 1 aromatic rings. The summed E-state index contributed by atoms with van der Waals surface area (Å²) in [6, 6.07) is 1.27. The number of hydrogen-bond donors (Lipinski definition) is 1. The van der Waals surface area contributed by atoms with Gasteiger partial charge in [0.2, 0.25) is 0 Å². The van der Waals surface area contributed by atoms with Gasteiger partial charge < -0.3 is 10.0 Å². The summed E-state index contributed by atoms with van der Waals surface area (Å²) in [5.74, 6) is -0.366. The number of rotatable bonds is 6. The van der Waals surface area contributed by atoms with Crippen molar-refractivity contribution < 1.29 is 14.8 Å². The largest absolute Gasteiger partial charge is 0.396 e. The molecule has 7 nitrogen and oxygen atoms in total. The van der Waals surface area contributed by atoms with E-state index >= 15 is 0 Å². The predicted molar refractivity (Wildman–Crippen MR) is 76.3 cm³/mol. The lowest BCUT2D eigenvalue weighted by atomic mass is 9.91. The molecule has 1 N–H and O–H groups in total. The second-order valence-electron chi connectivity index (χ2n) is 4.95. The average Bonchev–Trinajstić information content (AvgIpc) is 2.40. The molecule has 21 heavy (non-hydrogen) atoms. The number of aromatic nitrogens is 1. The third-order valence-corrected chi connectivity index (χ3v) is 3.90. The van der Waals surface area contributed by atoms with Crippen LogP contribution in [0.25, 0.3) is 0 Å². The molecular weight excluding hydrogens is 298 g/mol. The van der Waals surface area contributed by atoms with E-state index in [1.807, 2.05) is 0 Å². The number of nitro groups is 1. The summed E-state index contributed by atoms with van der Waals surface area (Å²) in [6.45, 7) is 0.385. The Labute approximate surface area is 126 Å². The zero-order valence-electron chi connectivity index (χ0n) is 11.4. The van der Waals surface area contributed by atoms with E-state index in [2.05, 4.69) is 4.98 Å². The van der Waals surface area contributed by atoms with Gasteiger partial charge in [0, 0.05) is 25.3 Å². The maximum Gasteiger partial charge on any atom is 0.288 e. The zero-order chi connectivity index (χ0) is 15.4. The number of aliphatic hydroxyl groups is 1. The minimum atomic E-state index is -0.610. The van der Waals surface area contributed by atoms with Crippen molar-refractivity contribution in [3.63, 3.8) is 0 Å². The van der Waals surface area contributed by atoms with Crippen LogP contribution in [0.3, 0.4) is 0 Å². The van der Waals surface area contributed by atoms with Gasteiger partial charge >= 0.3 is 0 Å². The Hall–Kier alpha value is -1.73. The lowest BCUT2D eigenvalue weighted by Crippen LogP contribution is -2.45. The van der Waals surface area contributed by atoms with Crippen LogP contribution < -0.4 is 0 Å². The first kappa shape index (κ1) is 15.7. The maximum absolute atomic E-state index is 12.6. The normalized spacial score (nSPS) is 14.6. The van der Waals surface area contributed by atoms with Gasteiger partial charge in [0.05, 0.1) is 10.5 Å². The molecule has 1 aliphatic rings. The number of carbonyl (C=O) groups is 1. The summed E-state index contributed by atoms with van der Waals surface area (Å²) >= 11 is 5.91. The molecule has 0 saturated heterocycles. The van der Waals surface area contributed by atoms with Crippen LogP contribution in [-0.2, 0) is 0 Å². The molecule has 0 bridgehead atoms. The first-order valence-electron chi connectivity index (χ1n) is 6.76. The van der Waals surface area contributed by atoms with Crippen molar-refractivity contribution in [2.24, 2.45) is 0 Å². The number of aliphatic hydroxyl groups excluding tert-OH is 1. The fourth-order valence-electron chi connectivity index (χ4n) is 2.23. The molecule has 0 spiro atoms. The molecule has 2 rings (SSSR count). The summed E-state index contributed by atoms with van der Waals surface area (Å²) in [4.78, 5) is 28.1. The van der Waals surface area contributed by atoms with Crippen molar-refractivity contribution >= 4 is 23.2 Å². The average molecular weight is 314 g/mol. The number of amides is 1. The van der Waals surface area contributed by atoms with Crippen molar-refractivity contribution in [3.05, 3.63) is 33.1 Å². The monoisotopic (exact) mass is 313 g/mol. The van der Waals surface area contributed by atoms with Crippen molar-refractivity contribution in [1.29, 1.82) is 0 Å². The number of carbonyl (C=O) groups excluding carboxylic acids is 1. The Balaban J connectivity index is 2.26. The molecule has 0 atom stereocenters. The highest BCUT2D eigenvalue weighted by atomic mass is 35.5. The SMILES string of the molecule is O=C(c1cc([N+](=O)[O-])cnc1Cl)N(CCCO)C1CCC1. The van der Waals surface area contributed by atoms with E-state index in [1.54, 1.807) is 4.90 Å². The zero-order valence-corrected chi connectivity index (χ0v) is 12.1. The highest BCUT2D eigenvalue weighted by Crippen LogP contribution is 2.28. The van der Waals surface area contributed by atoms with Crippen LogP contribution >= 0.6 is 11.6 Å². The number of pyridine rings is 1. The second kappa shape index (κ2) is 6.82. The van der Waals surface area contributed by atoms with Crippen LogP contribution in [0.15, 0.2) is 12.3 Å². The minimum Gasteiger partial charge on any atom is -0.396 e. The standard InChI is InChI=1S/C13H16ClN3O4/c14-12-11(7-10(8-15-12)17(20)21)13(19)16(5-2-6-18)9-3-1-4-9/h7-9,18H,1-6H2. The van der Waals surface area contributed by atoms with Gasteiger partial charge in [0.1, 0.15) is 11.3 Å². The molecule has 1 aromatic heterocycles. The molecule has 1 heterocycles. The Morgan fingerprint density at radius 2 is 2.29 bits per heavy atom. The quantitative estimate of drug-likeness (QED) is 0.492. The van der Waals surface area contributed by atoms with E-state index in [0.29, 0.717) is 13.0 Å². The highest BCUT2D eigenvalue weighted by molar-refractivity contribution is 6.32. The van der Waals surface area contributed by atoms with Crippen LogP contribution in [-0.4, -0.2) is 45.0 Å². The summed E-state index contributed by atoms with van der Waals surface area (Å²) in [7, 11) is 0. The minimum absolute atomic E-state index is 0.0164. The summed E-state index contributed by atoms with van der Waals surface area (Å²) in [6.07, 6.45) is 4.34. The smallest absolute Gasteiger partial charge is 0.288 e. The van der Waals surface area contributed by atoms with Crippen molar-refractivity contribution in [1.82, 2.24) is 9.88 Å². The molecule has 1 fully saturated rings. The Kier molecular flexibility index (Phi) is 5.08. The molecule has 1 amide bonds. The van der Waals surface area contributed by atoms with Crippen LogP contribution in [0.5, 0.6) is 0 Å². The number of hydrogen-bond acceptors (Lipinski definition) is 5. The Morgan fingerprint density at radius 3 is 2.81 bits per heavy atom. The van der Waals surface area contributed by atoms with E-state index in [9.17, 15) is 14.9 Å². The van der Waals surface area contributed by atoms with Crippen LogP contribution in [0.4, 0.5) is 5.69 Å². The van der Waals surface area contributed by atoms with Gasteiger partial charge in [-0.1, -0.05) is 11.6 Å². The predicted octanol–water partition coefficient (Wildman–Crippen LogP) is 2.02. The third kappa shape index (κ3) is 3.48. The first-order valence-corrected chi connectivity index (χ1v) is 7.14. The van der Waals surface area contributed by atoms with Gasteiger partial charge in [-0.3, -0.25) is 14.9 Å². The molecule has 1 saturated carbocycles. The van der Waals surface area contributed by atoms with Crippen LogP contribution in [0.2, 0.25) is 5.15 Å². The fraction of sp³-hybridized carbons (Fsp3) is 0.538. The molecule has 8 heteroatoms. The molecular formula is C13H16ClN3O4. The third-order valence-electron chi connectivity index (χ3n) is 3.60. The van der Waals surface area contributed by atoms with Crippen molar-refractivity contribution in [3.8, 4) is 0 Å². The Bertz CT molecular complexity index is 548. The topological polar surface area (TPSA) is 96.6 Å². The van der Waals surface area contributed by atoms with E-state index < -0.39 is 4.92 Å². The molecule has 0 aliphatic heterocycles. The van der Waals surface area contributed by atoms with Gasteiger partial charge in [-0.15, -0.1) is 0 Å². The molecule has 0 radical (unpaired) electrons. The Morgan fingerprint density at radius 1 is 1.57 bits per heavy atom. The van der Waals surface area contributed by atoms with E-state index in [4.69, 9.17) is 16.7 Å². The van der Waals surface area contributed by atoms with E-state index in [1.165, 1.54) is 0 Å². The maximum atomic E-state index is 12.6. The molecule has 114 valence electrons. The van der Waals surface area contributed by atoms with E-state index in [-0.39, 0.29) is 35.0 Å².